The predicted molar refractivity (Wildman–Crippen MR) is 49.1 cm³/mol. The topological polar surface area (TPSA) is 144 Å². The standard InChI is InChI=1S/C4H4N4O3.C3H6O2/c5-7-6-2-1-3(9)8(11)4(2)10;1-2-3(4)5/h2,11H,1H2;2H2,1H3,(H,4,5). The van der Waals surface area contributed by atoms with Gasteiger partial charge in [0.1, 0.15) is 6.04 Å². The molecular formula is C7H10N4O5. The van der Waals surface area contributed by atoms with Gasteiger partial charge in [-0.15, -0.1) is 0 Å². The van der Waals surface area contributed by atoms with Gasteiger partial charge in [-0.25, -0.2) is 0 Å². The monoisotopic (exact) mass is 230 g/mol. The van der Waals surface area contributed by atoms with E-state index in [1.54, 1.807) is 6.92 Å². The average molecular weight is 230 g/mol. The molecule has 9 heteroatoms. The molecule has 1 saturated heterocycles. The number of carboxylic acid groups (broad SMARTS) is 1. The van der Waals surface area contributed by atoms with Crippen LogP contribution < -0.4 is 0 Å². The van der Waals surface area contributed by atoms with E-state index < -0.39 is 23.8 Å². The van der Waals surface area contributed by atoms with Crippen molar-refractivity contribution in [1.82, 2.24) is 5.06 Å². The largest absolute Gasteiger partial charge is 0.481 e. The lowest BCUT2D eigenvalue weighted by molar-refractivity contribution is -0.171. The van der Waals surface area contributed by atoms with Gasteiger partial charge in [0.05, 0.1) is 0 Å². The van der Waals surface area contributed by atoms with Crippen LogP contribution in [-0.2, 0) is 14.4 Å². The number of carbonyl (C=O) groups excluding carboxylic acids is 2. The van der Waals surface area contributed by atoms with Crippen molar-refractivity contribution in [3.8, 4) is 0 Å². The molecule has 0 bridgehead atoms. The Morgan fingerprint density at radius 3 is 2.44 bits per heavy atom. The van der Waals surface area contributed by atoms with E-state index >= 15 is 0 Å². The molecule has 16 heavy (non-hydrogen) atoms. The summed E-state index contributed by atoms with van der Waals surface area (Å²) in [7, 11) is 0. The molecule has 1 heterocycles. The third-order valence-electron chi connectivity index (χ3n) is 1.59. The van der Waals surface area contributed by atoms with Crippen molar-refractivity contribution in [1.29, 1.82) is 0 Å². The molecule has 0 aromatic rings. The Labute approximate surface area is 89.8 Å². The zero-order valence-corrected chi connectivity index (χ0v) is 8.40. The molecule has 0 saturated carbocycles. The first-order valence-electron chi connectivity index (χ1n) is 4.25. The first-order valence-corrected chi connectivity index (χ1v) is 4.25. The molecule has 0 spiro atoms. The molecular weight excluding hydrogens is 220 g/mol. The molecule has 1 fully saturated rings. The molecule has 0 radical (unpaired) electrons. The van der Waals surface area contributed by atoms with Crippen LogP contribution in [0.15, 0.2) is 5.11 Å². The number of hydroxylamine groups is 2. The molecule has 1 rings (SSSR count). The van der Waals surface area contributed by atoms with Crippen molar-refractivity contribution >= 4 is 17.8 Å². The van der Waals surface area contributed by atoms with Gasteiger partial charge < -0.3 is 5.11 Å². The SMILES string of the molecule is CCC(=O)O.[N-]=[N+]=NC1CC(=O)N(O)C1=O. The number of carboxylic acids is 1. The first-order chi connectivity index (χ1) is 7.43. The zero-order valence-electron chi connectivity index (χ0n) is 8.40. The van der Waals surface area contributed by atoms with E-state index in [0.29, 0.717) is 0 Å². The second kappa shape index (κ2) is 6.38. The van der Waals surface area contributed by atoms with Gasteiger partial charge in [-0.1, -0.05) is 12.0 Å². The molecule has 1 aliphatic rings. The smallest absolute Gasteiger partial charge is 0.303 e. The summed E-state index contributed by atoms with van der Waals surface area (Å²) < 4.78 is 0. The molecule has 1 unspecified atom stereocenters. The van der Waals surface area contributed by atoms with Crippen molar-refractivity contribution in [2.24, 2.45) is 5.11 Å². The summed E-state index contributed by atoms with van der Waals surface area (Å²) in [5.74, 6) is -2.36. The van der Waals surface area contributed by atoms with Crippen LogP contribution in [0.5, 0.6) is 0 Å². The Hall–Kier alpha value is -2.12. The molecule has 2 amide bonds. The maximum Gasteiger partial charge on any atom is 0.303 e. The predicted octanol–water partition coefficient (Wildman–Crippen LogP) is 0.294. The van der Waals surface area contributed by atoms with Crippen LogP contribution in [-0.4, -0.2) is 39.2 Å². The van der Waals surface area contributed by atoms with E-state index in [-0.39, 0.29) is 17.9 Å². The van der Waals surface area contributed by atoms with Gasteiger partial charge in [0.25, 0.3) is 11.8 Å². The maximum atomic E-state index is 10.7. The van der Waals surface area contributed by atoms with Gasteiger partial charge in [0, 0.05) is 17.8 Å². The second-order valence-electron chi connectivity index (χ2n) is 2.72. The van der Waals surface area contributed by atoms with Crippen LogP contribution in [0.3, 0.4) is 0 Å². The minimum Gasteiger partial charge on any atom is -0.481 e. The quantitative estimate of drug-likeness (QED) is 0.230. The van der Waals surface area contributed by atoms with Gasteiger partial charge >= 0.3 is 5.97 Å². The van der Waals surface area contributed by atoms with Gasteiger partial charge in [0.15, 0.2) is 0 Å². The van der Waals surface area contributed by atoms with E-state index in [0.717, 1.165) is 0 Å². The van der Waals surface area contributed by atoms with Crippen LogP contribution in [0.1, 0.15) is 19.8 Å². The fraction of sp³-hybridized carbons (Fsp3) is 0.571. The molecule has 0 aromatic heterocycles. The normalized spacial score (nSPS) is 18.6. The van der Waals surface area contributed by atoms with Gasteiger partial charge in [-0.3, -0.25) is 19.6 Å². The lowest BCUT2D eigenvalue weighted by atomic mass is 10.3. The number of aliphatic carboxylic acids is 1. The van der Waals surface area contributed by atoms with Crippen molar-refractivity contribution in [3.63, 3.8) is 0 Å². The summed E-state index contributed by atoms with van der Waals surface area (Å²) in [5, 5.41) is 19.3. The number of rotatable bonds is 2. The van der Waals surface area contributed by atoms with Crippen molar-refractivity contribution in [2.75, 3.05) is 0 Å². The Balaban J connectivity index is 0.000000385. The van der Waals surface area contributed by atoms with E-state index in [4.69, 9.17) is 15.8 Å². The molecule has 9 nitrogen and oxygen atoms in total. The third-order valence-corrected chi connectivity index (χ3v) is 1.59. The molecule has 1 aliphatic heterocycles. The summed E-state index contributed by atoms with van der Waals surface area (Å²) in [6.45, 7) is 1.60. The average Bonchev–Trinajstić information content (AvgIpc) is 2.48. The highest BCUT2D eigenvalue weighted by atomic mass is 16.5. The lowest BCUT2D eigenvalue weighted by Gasteiger charge is -2.00. The van der Waals surface area contributed by atoms with Crippen molar-refractivity contribution < 1.29 is 24.7 Å². The van der Waals surface area contributed by atoms with E-state index in [1.807, 2.05) is 0 Å². The number of amides is 2. The van der Waals surface area contributed by atoms with Gasteiger partial charge in [-0.05, 0) is 5.53 Å². The zero-order chi connectivity index (χ0) is 12.7. The summed E-state index contributed by atoms with van der Waals surface area (Å²) >= 11 is 0. The van der Waals surface area contributed by atoms with Crippen LogP contribution in [0, 0.1) is 0 Å². The van der Waals surface area contributed by atoms with Crippen molar-refractivity contribution in [2.45, 2.75) is 25.8 Å². The Morgan fingerprint density at radius 2 is 2.19 bits per heavy atom. The summed E-state index contributed by atoms with van der Waals surface area (Å²) in [6, 6.07) is -1.07. The van der Waals surface area contributed by atoms with Gasteiger partial charge in [-0.2, -0.15) is 5.06 Å². The van der Waals surface area contributed by atoms with E-state index in [2.05, 4.69) is 10.0 Å². The highest BCUT2D eigenvalue weighted by Crippen LogP contribution is 2.13. The fourth-order valence-corrected chi connectivity index (χ4v) is 0.756. The number of nitrogens with zero attached hydrogens (tertiary/aromatic N) is 4. The number of azide groups is 1. The Morgan fingerprint density at radius 1 is 1.69 bits per heavy atom. The van der Waals surface area contributed by atoms with Crippen LogP contribution in [0.2, 0.25) is 0 Å². The third kappa shape index (κ3) is 3.95. The van der Waals surface area contributed by atoms with E-state index in [1.165, 1.54) is 0 Å². The summed E-state index contributed by atoms with van der Waals surface area (Å²) in [5.41, 5.74) is 7.91. The number of imide groups is 1. The molecule has 0 aliphatic carbocycles. The molecule has 1 atom stereocenters. The van der Waals surface area contributed by atoms with Crippen LogP contribution in [0.4, 0.5) is 0 Å². The summed E-state index contributed by atoms with van der Waals surface area (Å²) in [6.07, 6.45) is -0.0284. The van der Waals surface area contributed by atoms with Crippen LogP contribution >= 0.6 is 0 Å². The number of hydrogen-bond donors (Lipinski definition) is 2. The summed E-state index contributed by atoms with van der Waals surface area (Å²) in [4.78, 5) is 33.0. The maximum absolute atomic E-state index is 10.7. The lowest BCUT2D eigenvalue weighted by Crippen LogP contribution is -2.27. The minimum atomic E-state index is -1.07. The second-order valence-corrected chi connectivity index (χ2v) is 2.72. The minimum absolute atomic E-state index is 0.0284. The molecule has 2 N–H and O–H groups in total. The molecule has 88 valence electrons. The fourth-order valence-electron chi connectivity index (χ4n) is 0.756. The highest BCUT2D eigenvalue weighted by Gasteiger charge is 2.37. The van der Waals surface area contributed by atoms with Crippen LogP contribution in [0.25, 0.3) is 10.4 Å². The van der Waals surface area contributed by atoms with E-state index in [9.17, 15) is 14.4 Å². The molecule has 0 aromatic carbocycles. The Kier molecular flexibility index (Phi) is 5.53. The van der Waals surface area contributed by atoms with Crippen molar-refractivity contribution in [3.05, 3.63) is 10.4 Å². The first kappa shape index (κ1) is 13.9. The number of carbonyl (C=O) groups is 3. The highest BCUT2D eigenvalue weighted by molar-refractivity contribution is 6.04. The number of hydrogen-bond acceptors (Lipinski definition) is 5. The Bertz CT molecular complexity index is 349. The van der Waals surface area contributed by atoms with Gasteiger partial charge in [0.2, 0.25) is 0 Å².